The molecule has 0 aromatic heterocycles. The monoisotopic (exact) mass is 422 g/mol. The normalized spacial score (nSPS) is 32.4. The second-order valence-electron chi connectivity index (χ2n) is 11.7. The fourth-order valence-corrected chi connectivity index (χ4v) is 7.01. The summed E-state index contributed by atoms with van der Waals surface area (Å²) in [5.74, 6) is -0.857. The van der Waals surface area contributed by atoms with Crippen LogP contribution in [0.4, 0.5) is 5.69 Å². The lowest BCUT2D eigenvalue weighted by Gasteiger charge is -2.73. The van der Waals surface area contributed by atoms with Crippen LogP contribution in [0.15, 0.2) is 35.4 Å². The third-order valence-electron chi connectivity index (χ3n) is 8.98. The van der Waals surface area contributed by atoms with Crippen molar-refractivity contribution >= 4 is 11.7 Å². The van der Waals surface area contributed by atoms with Crippen LogP contribution >= 0.6 is 0 Å². The van der Waals surface area contributed by atoms with Gasteiger partial charge in [0.05, 0.1) is 5.56 Å². The van der Waals surface area contributed by atoms with Crippen LogP contribution < -0.4 is 4.90 Å². The van der Waals surface area contributed by atoms with Crippen LogP contribution in [0, 0.1) is 16.2 Å². The molecule has 1 saturated heterocycles. The molecule has 4 aliphatic carbocycles. The predicted molar refractivity (Wildman–Crippen MR) is 126 cm³/mol. The highest BCUT2D eigenvalue weighted by atomic mass is 16.4. The minimum absolute atomic E-state index is 0.362. The Bertz CT molecular complexity index is 871. The van der Waals surface area contributed by atoms with Crippen molar-refractivity contribution in [1.29, 1.82) is 0 Å². The zero-order chi connectivity index (χ0) is 21.9. The lowest BCUT2D eigenvalue weighted by Crippen LogP contribution is -2.63. The highest BCUT2D eigenvalue weighted by molar-refractivity contribution is 5.88. The van der Waals surface area contributed by atoms with Crippen molar-refractivity contribution in [3.05, 3.63) is 41.0 Å². The van der Waals surface area contributed by atoms with Gasteiger partial charge in [-0.25, -0.2) is 4.79 Å². The molecule has 5 aliphatic rings. The number of nitrogens with zero attached hydrogens (tertiary/aromatic N) is 2. The second kappa shape index (κ2) is 7.37. The Hall–Kier alpha value is -1.81. The van der Waals surface area contributed by atoms with Crippen LogP contribution in [0.3, 0.4) is 0 Å². The molecule has 6 rings (SSSR count). The molecule has 1 aromatic rings. The molecule has 0 amide bonds. The van der Waals surface area contributed by atoms with E-state index in [-0.39, 0.29) is 0 Å². The van der Waals surface area contributed by atoms with E-state index < -0.39 is 5.97 Å². The molecule has 4 fully saturated rings. The molecule has 1 heterocycles. The molecule has 0 atom stereocenters. The van der Waals surface area contributed by atoms with Gasteiger partial charge in [0.15, 0.2) is 0 Å². The number of anilines is 1. The molecule has 2 bridgehead atoms. The zero-order valence-electron chi connectivity index (χ0n) is 19.5. The lowest BCUT2D eigenvalue weighted by atomic mass is 9.31. The summed E-state index contributed by atoms with van der Waals surface area (Å²) in [6.07, 6.45) is 9.70. The van der Waals surface area contributed by atoms with E-state index in [4.69, 9.17) is 5.11 Å². The maximum atomic E-state index is 11.1. The predicted octanol–water partition coefficient (Wildman–Crippen LogP) is 5.59. The summed E-state index contributed by atoms with van der Waals surface area (Å²) in [7, 11) is 0. The Morgan fingerprint density at radius 1 is 1.03 bits per heavy atom. The Labute approximate surface area is 187 Å². The molecule has 4 heteroatoms. The SMILES string of the molecule is CCC12CC(C3=C(CN4CCN(c5ccc(C(=O)O)cc5)CC4)CCC(C)(C)C3)(C1)C2. The molecule has 1 aromatic carbocycles. The summed E-state index contributed by atoms with van der Waals surface area (Å²) < 4.78 is 0. The molecular weight excluding hydrogens is 384 g/mol. The largest absolute Gasteiger partial charge is 0.478 e. The van der Waals surface area contributed by atoms with E-state index in [1.807, 2.05) is 17.7 Å². The van der Waals surface area contributed by atoms with Crippen molar-refractivity contribution in [3.63, 3.8) is 0 Å². The molecule has 1 N–H and O–H groups in total. The fraction of sp³-hybridized carbons (Fsp3) is 0.667. The van der Waals surface area contributed by atoms with E-state index in [1.165, 1.54) is 44.9 Å². The first-order chi connectivity index (χ1) is 14.7. The number of carboxylic acids is 1. The fourth-order valence-electron chi connectivity index (χ4n) is 7.01. The van der Waals surface area contributed by atoms with Crippen molar-refractivity contribution in [1.82, 2.24) is 4.90 Å². The van der Waals surface area contributed by atoms with Gasteiger partial charge in [0.1, 0.15) is 0 Å². The first-order valence-electron chi connectivity index (χ1n) is 12.3. The number of hydrogen-bond acceptors (Lipinski definition) is 3. The summed E-state index contributed by atoms with van der Waals surface area (Å²) in [4.78, 5) is 16.2. The zero-order valence-corrected chi connectivity index (χ0v) is 19.5. The quantitative estimate of drug-likeness (QED) is 0.607. The summed E-state index contributed by atoms with van der Waals surface area (Å²) in [5, 5.41) is 9.12. The number of carbonyl (C=O) groups is 1. The standard InChI is InChI=1S/C27H38N2O2/c1-4-26-17-27(18-26,19-26)23-15-25(2,3)10-9-21(23)16-28-11-13-29(14-12-28)22-7-5-20(6-8-22)24(30)31/h5-8H,4,9-19H2,1-3H3,(H,30,31). The van der Waals surface area contributed by atoms with Gasteiger partial charge in [-0.2, -0.15) is 0 Å². The van der Waals surface area contributed by atoms with Crippen molar-refractivity contribution in [2.75, 3.05) is 37.6 Å². The number of carboxylic acid groups (broad SMARTS) is 1. The van der Waals surface area contributed by atoms with Crippen LogP contribution in [0.25, 0.3) is 0 Å². The molecule has 0 spiro atoms. The summed E-state index contributed by atoms with van der Waals surface area (Å²) in [6, 6.07) is 7.35. The lowest BCUT2D eigenvalue weighted by molar-refractivity contribution is -0.182. The summed E-state index contributed by atoms with van der Waals surface area (Å²) in [6.45, 7) is 12.7. The number of benzene rings is 1. The van der Waals surface area contributed by atoms with E-state index in [9.17, 15) is 4.79 Å². The van der Waals surface area contributed by atoms with Crippen molar-refractivity contribution < 1.29 is 9.90 Å². The van der Waals surface area contributed by atoms with E-state index in [0.29, 0.717) is 21.8 Å². The molecule has 3 saturated carbocycles. The van der Waals surface area contributed by atoms with Crippen LogP contribution in [-0.4, -0.2) is 48.7 Å². The highest BCUT2D eigenvalue weighted by Crippen LogP contribution is 2.79. The van der Waals surface area contributed by atoms with Crippen LogP contribution in [0.1, 0.15) is 76.1 Å². The third kappa shape index (κ3) is 3.71. The van der Waals surface area contributed by atoms with E-state index >= 15 is 0 Å². The van der Waals surface area contributed by atoms with Gasteiger partial charge >= 0.3 is 5.97 Å². The Kier molecular flexibility index (Phi) is 5.00. The van der Waals surface area contributed by atoms with E-state index in [0.717, 1.165) is 38.4 Å². The average molecular weight is 423 g/mol. The number of rotatable bonds is 6. The molecule has 168 valence electrons. The third-order valence-corrected chi connectivity index (χ3v) is 8.98. The van der Waals surface area contributed by atoms with Crippen LogP contribution in [0.2, 0.25) is 0 Å². The van der Waals surface area contributed by atoms with Crippen molar-refractivity contribution in [2.24, 2.45) is 16.2 Å². The van der Waals surface area contributed by atoms with E-state index in [1.54, 1.807) is 17.7 Å². The maximum absolute atomic E-state index is 11.1. The van der Waals surface area contributed by atoms with Crippen LogP contribution in [-0.2, 0) is 0 Å². The molecule has 31 heavy (non-hydrogen) atoms. The minimum Gasteiger partial charge on any atom is -0.478 e. The summed E-state index contributed by atoms with van der Waals surface area (Å²) in [5.41, 5.74) is 6.91. The molecule has 0 radical (unpaired) electrons. The number of aromatic carboxylic acids is 1. The van der Waals surface area contributed by atoms with Gasteiger partial charge in [-0.15, -0.1) is 0 Å². The first-order valence-corrected chi connectivity index (χ1v) is 12.3. The average Bonchev–Trinajstić information content (AvgIpc) is 2.69. The Morgan fingerprint density at radius 2 is 1.68 bits per heavy atom. The Morgan fingerprint density at radius 3 is 2.26 bits per heavy atom. The van der Waals surface area contributed by atoms with Crippen LogP contribution in [0.5, 0.6) is 0 Å². The summed E-state index contributed by atoms with van der Waals surface area (Å²) >= 11 is 0. The molecule has 0 unspecified atom stereocenters. The van der Waals surface area contributed by atoms with E-state index in [2.05, 4.69) is 30.6 Å². The first kappa shape index (κ1) is 21.1. The highest BCUT2D eigenvalue weighted by Gasteiger charge is 2.68. The molecular formula is C27H38N2O2. The Balaban J connectivity index is 1.24. The van der Waals surface area contributed by atoms with Gasteiger partial charge < -0.3 is 10.0 Å². The maximum Gasteiger partial charge on any atom is 0.335 e. The number of allylic oxidation sites excluding steroid dienone is 1. The van der Waals surface area contributed by atoms with Gasteiger partial charge in [-0.1, -0.05) is 38.3 Å². The smallest absolute Gasteiger partial charge is 0.335 e. The molecule has 1 aliphatic heterocycles. The van der Waals surface area contributed by atoms with Crippen molar-refractivity contribution in [3.8, 4) is 0 Å². The minimum atomic E-state index is -0.857. The molecule has 4 nitrogen and oxygen atoms in total. The van der Waals surface area contributed by atoms with Crippen molar-refractivity contribution in [2.45, 2.75) is 65.7 Å². The topological polar surface area (TPSA) is 43.8 Å². The van der Waals surface area contributed by atoms with Gasteiger partial charge in [0.25, 0.3) is 0 Å². The van der Waals surface area contributed by atoms with Gasteiger partial charge in [-0.05, 0) is 79.0 Å². The van der Waals surface area contributed by atoms with Gasteiger partial charge in [-0.3, -0.25) is 4.90 Å². The number of hydrogen-bond donors (Lipinski definition) is 1. The van der Waals surface area contributed by atoms with Gasteiger partial charge in [0, 0.05) is 38.4 Å². The second-order valence-corrected chi connectivity index (χ2v) is 11.7. The van der Waals surface area contributed by atoms with Gasteiger partial charge in [0.2, 0.25) is 0 Å². The number of piperazine rings is 1.